The summed E-state index contributed by atoms with van der Waals surface area (Å²) in [6.45, 7) is 3.83. The largest absolute Gasteiger partial charge is 0.395 e. The van der Waals surface area contributed by atoms with Crippen LogP contribution in [0, 0.1) is 11.8 Å². The van der Waals surface area contributed by atoms with Gasteiger partial charge in [0.25, 0.3) is 11.8 Å². The van der Waals surface area contributed by atoms with E-state index in [0.717, 1.165) is 0 Å². The molecule has 2 aromatic carbocycles. The lowest BCUT2D eigenvalue weighted by molar-refractivity contribution is -0.154. The smallest absolute Gasteiger partial charge is 0.254 e. The minimum atomic E-state index is -0.697. The quantitative estimate of drug-likeness (QED) is 0.345. The molecule has 0 spiro atoms. The van der Waals surface area contributed by atoms with Crippen molar-refractivity contribution < 1.29 is 29.4 Å². The number of likely N-dealkylation sites (N-methyl/N-ethyl adjacent to an activating group) is 2. The number of hydrogen-bond acceptors (Lipinski definition) is 6. The number of aliphatic hydroxyl groups excluding tert-OH is 2. The Morgan fingerprint density at radius 1 is 0.930 bits per heavy atom. The van der Waals surface area contributed by atoms with Crippen molar-refractivity contribution >= 4 is 23.6 Å². The van der Waals surface area contributed by atoms with Crippen molar-refractivity contribution in [1.29, 1.82) is 0 Å². The van der Waals surface area contributed by atoms with Gasteiger partial charge in [-0.1, -0.05) is 57.0 Å². The number of nitrogens with zero attached hydrogens (tertiary/aromatic N) is 3. The first-order valence-electron chi connectivity index (χ1n) is 15.2. The van der Waals surface area contributed by atoms with E-state index in [2.05, 4.69) is 17.4 Å². The van der Waals surface area contributed by atoms with E-state index in [1.807, 2.05) is 26.0 Å². The van der Waals surface area contributed by atoms with Crippen LogP contribution in [0.3, 0.4) is 0 Å². The standard InChI is InChI=1S/C33H44N4O6/c1-5-21(6-2)29-30(40)34-28(26-17-22-9-7-8-10-23(22)18-26)33(43)37(29)20-25-12-11-24(31(41)35(3)13-15-38)19-27(25)32(42)36(4)14-16-39/h7-12,19,21,26,28-29,38-39H,5-6,13-18,20H2,1-4H3,(H,34,40)/t28-,29-/m1/s1. The molecule has 1 heterocycles. The predicted molar refractivity (Wildman–Crippen MR) is 162 cm³/mol. The summed E-state index contributed by atoms with van der Waals surface area (Å²) in [6.07, 6.45) is 2.80. The maximum absolute atomic E-state index is 14.3. The summed E-state index contributed by atoms with van der Waals surface area (Å²) >= 11 is 0. The summed E-state index contributed by atoms with van der Waals surface area (Å²) in [5, 5.41) is 21.8. The second kappa shape index (κ2) is 14.1. The van der Waals surface area contributed by atoms with E-state index in [-0.39, 0.29) is 73.5 Å². The first-order valence-corrected chi connectivity index (χ1v) is 15.2. The predicted octanol–water partition coefficient (Wildman–Crippen LogP) is 1.86. The molecule has 2 atom stereocenters. The van der Waals surface area contributed by atoms with Gasteiger partial charge >= 0.3 is 0 Å². The Morgan fingerprint density at radius 3 is 2.07 bits per heavy atom. The zero-order valence-electron chi connectivity index (χ0n) is 25.6. The number of piperazine rings is 1. The molecule has 4 rings (SSSR count). The zero-order chi connectivity index (χ0) is 31.3. The third-order valence-electron chi connectivity index (χ3n) is 8.99. The normalized spacial score (nSPS) is 18.5. The van der Waals surface area contributed by atoms with Gasteiger partial charge in [-0.15, -0.1) is 0 Å². The van der Waals surface area contributed by atoms with E-state index in [1.165, 1.54) is 27.0 Å². The summed E-state index contributed by atoms with van der Waals surface area (Å²) in [7, 11) is 3.13. The Morgan fingerprint density at radius 2 is 1.51 bits per heavy atom. The Kier molecular flexibility index (Phi) is 10.6. The van der Waals surface area contributed by atoms with E-state index in [1.54, 1.807) is 31.1 Å². The van der Waals surface area contributed by atoms with Crippen molar-refractivity contribution in [2.24, 2.45) is 11.8 Å². The number of carbonyl (C=O) groups excluding carboxylic acids is 4. The molecule has 4 amide bonds. The Labute approximate surface area is 253 Å². The van der Waals surface area contributed by atoms with Gasteiger partial charge in [0.2, 0.25) is 11.8 Å². The number of hydrogen-bond donors (Lipinski definition) is 3. The van der Waals surface area contributed by atoms with Crippen molar-refractivity contribution in [1.82, 2.24) is 20.0 Å². The van der Waals surface area contributed by atoms with E-state index in [9.17, 15) is 29.4 Å². The van der Waals surface area contributed by atoms with Gasteiger partial charge in [-0.05, 0) is 53.5 Å². The summed E-state index contributed by atoms with van der Waals surface area (Å²) in [4.78, 5) is 59.1. The first kappa shape index (κ1) is 32.2. The maximum atomic E-state index is 14.3. The molecule has 0 unspecified atom stereocenters. The van der Waals surface area contributed by atoms with Gasteiger partial charge in [-0.25, -0.2) is 0 Å². The number of rotatable bonds is 12. The van der Waals surface area contributed by atoms with Crippen LogP contribution in [0.15, 0.2) is 42.5 Å². The number of benzene rings is 2. The summed E-state index contributed by atoms with van der Waals surface area (Å²) in [5.41, 5.74) is 3.39. The summed E-state index contributed by atoms with van der Waals surface area (Å²) < 4.78 is 0. The number of amides is 4. The van der Waals surface area contributed by atoms with E-state index in [4.69, 9.17) is 0 Å². The van der Waals surface area contributed by atoms with Gasteiger partial charge in [-0.2, -0.15) is 0 Å². The fourth-order valence-electron chi connectivity index (χ4n) is 6.44. The van der Waals surface area contributed by atoms with Crippen LogP contribution in [0.25, 0.3) is 0 Å². The molecule has 10 heteroatoms. The lowest BCUT2D eigenvalue weighted by atomic mass is 9.85. The number of fused-ring (bicyclic) bond motifs is 1. The average molecular weight is 593 g/mol. The van der Waals surface area contributed by atoms with Crippen LogP contribution in [0.2, 0.25) is 0 Å². The lowest BCUT2D eigenvalue weighted by Gasteiger charge is -2.44. The van der Waals surface area contributed by atoms with Crippen LogP contribution in [0.1, 0.15) is 64.1 Å². The van der Waals surface area contributed by atoms with Gasteiger partial charge in [0.1, 0.15) is 12.1 Å². The Bertz CT molecular complexity index is 1320. The minimum Gasteiger partial charge on any atom is -0.395 e. The highest BCUT2D eigenvalue weighted by Crippen LogP contribution is 2.34. The monoisotopic (exact) mass is 592 g/mol. The molecule has 43 heavy (non-hydrogen) atoms. The van der Waals surface area contributed by atoms with Crippen molar-refractivity contribution in [3.05, 3.63) is 70.3 Å². The molecule has 3 N–H and O–H groups in total. The third kappa shape index (κ3) is 6.75. The highest BCUT2D eigenvalue weighted by Gasteiger charge is 2.47. The van der Waals surface area contributed by atoms with E-state index in [0.29, 0.717) is 31.2 Å². The molecular weight excluding hydrogens is 548 g/mol. The van der Waals surface area contributed by atoms with Crippen LogP contribution in [0.5, 0.6) is 0 Å². The summed E-state index contributed by atoms with van der Waals surface area (Å²) in [6, 6.07) is 11.5. The van der Waals surface area contributed by atoms with Gasteiger partial charge in [0.15, 0.2) is 0 Å². The molecule has 1 aliphatic carbocycles. The van der Waals surface area contributed by atoms with E-state index >= 15 is 0 Å². The van der Waals surface area contributed by atoms with Crippen LogP contribution < -0.4 is 5.32 Å². The second-order valence-corrected chi connectivity index (χ2v) is 11.7. The molecule has 10 nitrogen and oxygen atoms in total. The van der Waals surface area contributed by atoms with Crippen molar-refractivity contribution in [2.45, 2.75) is 58.2 Å². The van der Waals surface area contributed by atoms with Gasteiger partial charge < -0.3 is 30.2 Å². The molecule has 0 saturated carbocycles. The van der Waals surface area contributed by atoms with Gasteiger partial charge in [0, 0.05) is 44.9 Å². The number of carbonyl (C=O) groups is 4. The molecule has 1 aliphatic heterocycles. The minimum absolute atomic E-state index is 0.0264. The summed E-state index contributed by atoms with van der Waals surface area (Å²) in [5.74, 6) is -1.26. The Balaban J connectivity index is 1.73. The van der Waals surface area contributed by atoms with Crippen molar-refractivity contribution in [3.63, 3.8) is 0 Å². The average Bonchev–Trinajstić information content (AvgIpc) is 3.44. The molecule has 232 valence electrons. The number of nitrogens with one attached hydrogen (secondary N) is 1. The van der Waals surface area contributed by atoms with Crippen LogP contribution in [-0.4, -0.2) is 101 Å². The maximum Gasteiger partial charge on any atom is 0.254 e. The van der Waals surface area contributed by atoms with Crippen LogP contribution in [-0.2, 0) is 29.0 Å². The SMILES string of the molecule is CCC(CC)[C@@H]1C(=O)N[C@H](C2Cc3ccccc3C2)C(=O)N1Cc1ccc(C(=O)N(C)CCO)cc1C(=O)N(C)CCO. The molecule has 0 bridgehead atoms. The molecule has 0 radical (unpaired) electrons. The highest BCUT2D eigenvalue weighted by molar-refractivity contribution is 6.01. The van der Waals surface area contributed by atoms with E-state index < -0.39 is 18.0 Å². The zero-order valence-corrected chi connectivity index (χ0v) is 25.6. The van der Waals surface area contributed by atoms with Gasteiger partial charge in [-0.3, -0.25) is 19.2 Å². The molecular formula is C33H44N4O6. The lowest BCUT2D eigenvalue weighted by Crippen LogP contribution is -2.66. The van der Waals surface area contributed by atoms with Crippen LogP contribution in [0.4, 0.5) is 0 Å². The van der Waals surface area contributed by atoms with Crippen LogP contribution >= 0.6 is 0 Å². The topological polar surface area (TPSA) is 130 Å². The first-order chi connectivity index (χ1) is 20.6. The molecule has 2 aromatic rings. The van der Waals surface area contributed by atoms with Gasteiger partial charge in [0.05, 0.1) is 13.2 Å². The molecule has 1 saturated heterocycles. The fraction of sp³-hybridized carbons (Fsp3) is 0.515. The fourth-order valence-corrected chi connectivity index (χ4v) is 6.44. The van der Waals surface area contributed by atoms with Crippen molar-refractivity contribution in [3.8, 4) is 0 Å². The molecule has 1 fully saturated rings. The second-order valence-electron chi connectivity index (χ2n) is 11.7. The Hall–Kier alpha value is -3.76. The highest BCUT2D eigenvalue weighted by atomic mass is 16.3. The number of aliphatic hydroxyl groups is 2. The third-order valence-corrected chi connectivity index (χ3v) is 8.99. The van der Waals surface area contributed by atoms with Crippen molar-refractivity contribution in [2.75, 3.05) is 40.4 Å². The molecule has 2 aliphatic rings. The molecule has 0 aromatic heterocycles.